The fourth-order valence-electron chi connectivity index (χ4n) is 2.24. The van der Waals surface area contributed by atoms with Gasteiger partial charge < -0.3 is 5.32 Å². The second-order valence-electron chi connectivity index (χ2n) is 3.83. The van der Waals surface area contributed by atoms with Gasteiger partial charge in [0, 0.05) is 24.4 Å². The van der Waals surface area contributed by atoms with Crippen molar-refractivity contribution in [1.29, 1.82) is 0 Å². The molecule has 0 radical (unpaired) electrons. The van der Waals surface area contributed by atoms with Gasteiger partial charge in [-0.05, 0) is 24.9 Å². The van der Waals surface area contributed by atoms with Crippen LogP contribution in [0.4, 0.5) is 0 Å². The number of rotatable bonds is 3. The predicted octanol–water partition coefficient (Wildman–Crippen LogP) is 1.51. The molecule has 1 aromatic rings. The van der Waals surface area contributed by atoms with Gasteiger partial charge in [0.2, 0.25) is 0 Å². The molecule has 1 aromatic heterocycles. The molecule has 1 fully saturated rings. The molecule has 2 heterocycles. The lowest BCUT2D eigenvalue weighted by Crippen LogP contribution is -2.10. The highest BCUT2D eigenvalue weighted by Gasteiger charge is 2.28. The van der Waals surface area contributed by atoms with E-state index in [0.29, 0.717) is 5.92 Å². The molecule has 0 aliphatic carbocycles. The summed E-state index contributed by atoms with van der Waals surface area (Å²) in [6.07, 6.45) is 4.43. The van der Waals surface area contributed by atoms with Crippen LogP contribution in [0.25, 0.3) is 0 Å². The molecule has 0 saturated carbocycles. The minimum Gasteiger partial charge on any atom is -0.316 e. The normalized spacial score (nSPS) is 28.1. The summed E-state index contributed by atoms with van der Waals surface area (Å²) in [5, 5.41) is 10.5. The standard InChI is InChI=1S/C10H17N3/c1-2-3-8-6-11-7-9(8)10-4-5-12-13-10/h4-5,8-9,11H,2-3,6-7H2,1H3,(H,12,13)/t8-,9-/m1/s1. The Kier molecular flexibility index (Phi) is 2.64. The number of hydrogen-bond acceptors (Lipinski definition) is 2. The van der Waals surface area contributed by atoms with Gasteiger partial charge in [-0.25, -0.2) is 0 Å². The number of aromatic nitrogens is 2. The Hall–Kier alpha value is -0.830. The van der Waals surface area contributed by atoms with Gasteiger partial charge in [-0.1, -0.05) is 13.3 Å². The lowest BCUT2D eigenvalue weighted by atomic mass is 9.89. The van der Waals surface area contributed by atoms with E-state index in [9.17, 15) is 0 Å². The van der Waals surface area contributed by atoms with Crippen LogP contribution in [-0.2, 0) is 0 Å². The van der Waals surface area contributed by atoms with Crippen LogP contribution in [0.2, 0.25) is 0 Å². The average Bonchev–Trinajstić information content (AvgIpc) is 2.71. The highest BCUT2D eigenvalue weighted by atomic mass is 15.1. The Balaban J connectivity index is 2.05. The molecule has 72 valence electrons. The summed E-state index contributed by atoms with van der Waals surface area (Å²) in [5.41, 5.74) is 1.29. The van der Waals surface area contributed by atoms with E-state index in [4.69, 9.17) is 0 Å². The molecule has 2 atom stereocenters. The third-order valence-electron chi connectivity index (χ3n) is 2.92. The van der Waals surface area contributed by atoms with Crippen LogP contribution in [0.3, 0.4) is 0 Å². The van der Waals surface area contributed by atoms with Crippen molar-refractivity contribution >= 4 is 0 Å². The van der Waals surface area contributed by atoms with Gasteiger partial charge in [0.15, 0.2) is 0 Å². The molecule has 3 heteroatoms. The monoisotopic (exact) mass is 179 g/mol. The van der Waals surface area contributed by atoms with E-state index in [0.717, 1.165) is 19.0 Å². The van der Waals surface area contributed by atoms with Crippen LogP contribution in [0, 0.1) is 5.92 Å². The van der Waals surface area contributed by atoms with Gasteiger partial charge >= 0.3 is 0 Å². The van der Waals surface area contributed by atoms with Crippen molar-refractivity contribution in [2.45, 2.75) is 25.7 Å². The second kappa shape index (κ2) is 3.92. The summed E-state index contributed by atoms with van der Waals surface area (Å²) in [6.45, 7) is 4.52. The number of aromatic amines is 1. The first-order chi connectivity index (χ1) is 6.42. The summed E-state index contributed by atoms with van der Waals surface area (Å²) < 4.78 is 0. The summed E-state index contributed by atoms with van der Waals surface area (Å²) in [6, 6.07) is 2.10. The van der Waals surface area contributed by atoms with E-state index < -0.39 is 0 Å². The Morgan fingerprint density at radius 3 is 3.15 bits per heavy atom. The van der Waals surface area contributed by atoms with Crippen molar-refractivity contribution in [3.63, 3.8) is 0 Å². The topological polar surface area (TPSA) is 40.7 Å². The molecule has 3 nitrogen and oxygen atoms in total. The maximum atomic E-state index is 4.01. The second-order valence-corrected chi connectivity index (χ2v) is 3.83. The minimum absolute atomic E-state index is 0.655. The molecule has 1 saturated heterocycles. The molecule has 0 spiro atoms. The molecule has 2 N–H and O–H groups in total. The summed E-state index contributed by atoms with van der Waals surface area (Å²) in [5.74, 6) is 1.45. The van der Waals surface area contributed by atoms with Crippen molar-refractivity contribution in [1.82, 2.24) is 15.5 Å². The van der Waals surface area contributed by atoms with Gasteiger partial charge in [-0.3, -0.25) is 5.10 Å². The number of H-pyrrole nitrogens is 1. The average molecular weight is 179 g/mol. The Morgan fingerprint density at radius 2 is 2.46 bits per heavy atom. The fraction of sp³-hybridized carbons (Fsp3) is 0.700. The lowest BCUT2D eigenvalue weighted by molar-refractivity contribution is 0.466. The van der Waals surface area contributed by atoms with E-state index in [1.807, 2.05) is 6.20 Å². The number of nitrogens with zero attached hydrogens (tertiary/aromatic N) is 1. The predicted molar refractivity (Wildman–Crippen MR) is 52.6 cm³/mol. The van der Waals surface area contributed by atoms with Crippen LogP contribution in [0.5, 0.6) is 0 Å². The van der Waals surface area contributed by atoms with Gasteiger partial charge in [0.25, 0.3) is 0 Å². The maximum Gasteiger partial charge on any atom is 0.0490 e. The Morgan fingerprint density at radius 1 is 1.54 bits per heavy atom. The van der Waals surface area contributed by atoms with E-state index in [1.165, 1.54) is 18.5 Å². The molecular weight excluding hydrogens is 162 g/mol. The largest absolute Gasteiger partial charge is 0.316 e. The van der Waals surface area contributed by atoms with Gasteiger partial charge in [-0.15, -0.1) is 0 Å². The van der Waals surface area contributed by atoms with Crippen LogP contribution in [-0.4, -0.2) is 23.3 Å². The molecule has 1 aliphatic heterocycles. The minimum atomic E-state index is 0.655. The van der Waals surface area contributed by atoms with Crippen LogP contribution in [0.15, 0.2) is 12.3 Å². The van der Waals surface area contributed by atoms with Gasteiger partial charge in [0.05, 0.1) is 0 Å². The van der Waals surface area contributed by atoms with Gasteiger partial charge in [0.1, 0.15) is 0 Å². The molecule has 13 heavy (non-hydrogen) atoms. The third kappa shape index (κ3) is 1.75. The molecular formula is C10H17N3. The smallest absolute Gasteiger partial charge is 0.0490 e. The quantitative estimate of drug-likeness (QED) is 0.738. The van der Waals surface area contributed by atoms with Crippen LogP contribution < -0.4 is 5.32 Å². The molecule has 1 aliphatic rings. The van der Waals surface area contributed by atoms with E-state index in [1.54, 1.807) is 0 Å². The first-order valence-corrected chi connectivity index (χ1v) is 5.11. The fourth-order valence-corrected chi connectivity index (χ4v) is 2.24. The summed E-state index contributed by atoms with van der Waals surface area (Å²) in [4.78, 5) is 0. The Bertz CT molecular complexity index is 243. The maximum absolute atomic E-state index is 4.01. The van der Waals surface area contributed by atoms with Crippen LogP contribution >= 0.6 is 0 Å². The summed E-state index contributed by atoms with van der Waals surface area (Å²) >= 11 is 0. The third-order valence-corrected chi connectivity index (χ3v) is 2.92. The van der Waals surface area contributed by atoms with Gasteiger partial charge in [-0.2, -0.15) is 5.10 Å². The van der Waals surface area contributed by atoms with Crippen molar-refractivity contribution in [2.24, 2.45) is 5.92 Å². The lowest BCUT2D eigenvalue weighted by Gasteiger charge is -2.15. The first kappa shape index (κ1) is 8.75. The van der Waals surface area contributed by atoms with E-state index >= 15 is 0 Å². The molecule has 0 amide bonds. The summed E-state index contributed by atoms with van der Waals surface area (Å²) in [7, 11) is 0. The Labute approximate surface area is 78.9 Å². The molecule has 0 aromatic carbocycles. The highest BCUT2D eigenvalue weighted by molar-refractivity contribution is 5.10. The SMILES string of the molecule is CCC[C@@H]1CNC[C@H]1c1ccn[nH]1. The zero-order valence-electron chi connectivity index (χ0n) is 8.09. The molecule has 0 bridgehead atoms. The van der Waals surface area contributed by atoms with Crippen LogP contribution in [0.1, 0.15) is 31.4 Å². The van der Waals surface area contributed by atoms with Crippen molar-refractivity contribution in [2.75, 3.05) is 13.1 Å². The number of hydrogen-bond donors (Lipinski definition) is 2. The zero-order valence-corrected chi connectivity index (χ0v) is 8.09. The molecule has 0 unspecified atom stereocenters. The van der Waals surface area contributed by atoms with E-state index in [-0.39, 0.29) is 0 Å². The van der Waals surface area contributed by atoms with Crippen molar-refractivity contribution in [3.05, 3.63) is 18.0 Å². The van der Waals surface area contributed by atoms with Crippen molar-refractivity contribution < 1.29 is 0 Å². The highest BCUT2D eigenvalue weighted by Crippen LogP contribution is 2.29. The zero-order chi connectivity index (χ0) is 9.10. The number of nitrogens with one attached hydrogen (secondary N) is 2. The first-order valence-electron chi connectivity index (χ1n) is 5.11. The van der Waals surface area contributed by atoms with E-state index in [2.05, 4.69) is 28.5 Å². The van der Waals surface area contributed by atoms with Crippen molar-refractivity contribution in [3.8, 4) is 0 Å². The molecule has 2 rings (SSSR count).